The van der Waals surface area contributed by atoms with Crippen molar-refractivity contribution < 1.29 is 4.74 Å². The van der Waals surface area contributed by atoms with E-state index in [9.17, 15) is 0 Å². The second-order valence-electron chi connectivity index (χ2n) is 11.3. The minimum atomic E-state index is 0.578. The Morgan fingerprint density at radius 3 is 2.58 bits per heavy atom. The topological polar surface area (TPSA) is 9.23 Å². The van der Waals surface area contributed by atoms with Crippen molar-refractivity contribution in [3.05, 3.63) is 0 Å². The molecule has 0 radical (unpaired) electrons. The zero-order chi connectivity index (χ0) is 18.3. The quantitative estimate of drug-likeness (QED) is 0.327. The second kappa shape index (κ2) is 6.09. The van der Waals surface area contributed by atoms with Gasteiger partial charge in [-0.15, -0.1) is 0 Å². The Hall–Kier alpha value is 0.690. The number of ether oxygens (including phenoxy) is 1. The van der Waals surface area contributed by atoms with E-state index in [4.69, 9.17) is 4.74 Å². The summed E-state index contributed by atoms with van der Waals surface area (Å²) in [5.41, 5.74) is 1.80. The van der Waals surface area contributed by atoms with Crippen LogP contribution in [-0.2, 0) is 4.74 Å². The summed E-state index contributed by atoms with van der Waals surface area (Å²) >= 11 is 2.63. The van der Waals surface area contributed by atoms with Crippen LogP contribution in [0.3, 0.4) is 0 Å². The van der Waals surface area contributed by atoms with Gasteiger partial charge in [0.2, 0.25) is 0 Å². The molecular weight excluding hydrogens is 431 g/mol. The van der Waals surface area contributed by atoms with Gasteiger partial charge in [-0.05, 0) is 105 Å². The van der Waals surface area contributed by atoms with Crippen LogP contribution in [-0.4, -0.2) is 17.1 Å². The van der Waals surface area contributed by atoms with Crippen molar-refractivity contribution >= 4 is 22.6 Å². The van der Waals surface area contributed by atoms with Crippen LogP contribution in [0, 0.1) is 51.8 Å². The molecule has 0 aromatic rings. The summed E-state index contributed by atoms with van der Waals surface area (Å²) in [6, 6.07) is 0. The molecule has 0 heterocycles. The molecule has 26 heavy (non-hydrogen) atoms. The van der Waals surface area contributed by atoms with Crippen molar-refractivity contribution in [1.82, 2.24) is 0 Å². The highest BCUT2D eigenvalue weighted by Crippen LogP contribution is 2.82. The summed E-state index contributed by atoms with van der Waals surface area (Å²) in [5.74, 6) is 5.80. The molecule has 0 saturated heterocycles. The van der Waals surface area contributed by atoms with E-state index in [1.807, 2.05) is 0 Å². The molecule has 0 aliphatic heterocycles. The monoisotopic (exact) mass is 470 g/mol. The van der Waals surface area contributed by atoms with Crippen LogP contribution >= 0.6 is 22.6 Å². The van der Waals surface area contributed by atoms with Gasteiger partial charge in [0.15, 0.2) is 0 Å². The maximum absolute atomic E-state index is 6.53. The van der Waals surface area contributed by atoms with E-state index in [1.54, 1.807) is 0 Å². The molecule has 0 aromatic heterocycles. The highest BCUT2D eigenvalue weighted by molar-refractivity contribution is 14.1. The van der Waals surface area contributed by atoms with Gasteiger partial charge in [-0.1, -0.05) is 43.4 Å². The van der Waals surface area contributed by atoms with E-state index in [2.05, 4.69) is 50.3 Å². The van der Waals surface area contributed by atoms with E-state index in [0.717, 1.165) is 42.1 Å². The average molecular weight is 470 g/mol. The third-order valence-corrected chi connectivity index (χ3v) is 12.3. The van der Waals surface area contributed by atoms with Crippen molar-refractivity contribution in [2.24, 2.45) is 51.8 Å². The molecule has 5 saturated carbocycles. The number of halogens is 1. The second-order valence-corrected chi connectivity index (χ2v) is 12.2. The van der Waals surface area contributed by atoms with Crippen LogP contribution in [0.1, 0.15) is 79.1 Å². The Morgan fingerprint density at radius 1 is 1.08 bits per heavy atom. The van der Waals surface area contributed by atoms with Gasteiger partial charge in [0.05, 0.1) is 6.10 Å². The Kier molecular flexibility index (Phi) is 4.38. The minimum Gasteiger partial charge on any atom is -0.378 e. The standard InChI is InChI=1S/C24H39IO/c1-5-26-21-12-17-19-7-6-18(15(2)14-25)22(19,3)10-9-20(17)23(4)11-8-16-13-24(16,21)23/h15-21H,5-14H2,1-4H3/t15-,16-,17?,18?,19?,20?,21?,22?,23?,24?/m1/s1. The lowest BCUT2D eigenvalue weighted by molar-refractivity contribution is -0.167. The predicted molar refractivity (Wildman–Crippen MR) is 116 cm³/mol. The largest absolute Gasteiger partial charge is 0.378 e. The fourth-order valence-corrected chi connectivity index (χ4v) is 10.4. The molecule has 2 heteroatoms. The van der Waals surface area contributed by atoms with Crippen molar-refractivity contribution in [2.45, 2.75) is 85.2 Å². The van der Waals surface area contributed by atoms with Crippen LogP contribution in [0.2, 0.25) is 0 Å². The Balaban J connectivity index is 1.49. The first-order valence-corrected chi connectivity index (χ1v) is 13.1. The lowest BCUT2D eigenvalue weighted by Crippen LogP contribution is -2.57. The molecule has 1 spiro atoms. The molecule has 0 amide bonds. The zero-order valence-corrected chi connectivity index (χ0v) is 19.6. The molecule has 0 aromatic carbocycles. The van der Waals surface area contributed by atoms with Crippen LogP contribution in [0.4, 0.5) is 0 Å². The van der Waals surface area contributed by atoms with E-state index in [1.165, 1.54) is 55.8 Å². The molecule has 1 nitrogen and oxygen atoms in total. The van der Waals surface area contributed by atoms with Gasteiger partial charge in [0, 0.05) is 16.4 Å². The number of hydrogen-bond donors (Lipinski definition) is 0. The van der Waals surface area contributed by atoms with Crippen LogP contribution in [0.15, 0.2) is 0 Å². The molecular formula is C24H39IO. The van der Waals surface area contributed by atoms with Gasteiger partial charge < -0.3 is 4.74 Å². The van der Waals surface area contributed by atoms with Gasteiger partial charge >= 0.3 is 0 Å². The lowest BCUT2D eigenvalue weighted by Gasteiger charge is -2.61. The van der Waals surface area contributed by atoms with Crippen molar-refractivity contribution in [3.8, 4) is 0 Å². The van der Waals surface area contributed by atoms with Crippen LogP contribution in [0.5, 0.6) is 0 Å². The van der Waals surface area contributed by atoms with Gasteiger partial charge in [0.1, 0.15) is 0 Å². The van der Waals surface area contributed by atoms with E-state index in [0.29, 0.717) is 22.3 Å². The maximum Gasteiger partial charge on any atom is 0.0642 e. The summed E-state index contributed by atoms with van der Waals surface area (Å²) in [6.07, 6.45) is 12.5. The zero-order valence-electron chi connectivity index (χ0n) is 17.4. The Bertz CT molecular complexity index is 577. The minimum absolute atomic E-state index is 0.578. The fraction of sp³-hybridized carbons (Fsp3) is 1.00. The maximum atomic E-state index is 6.53. The van der Waals surface area contributed by atoms with Crippen LogP contribution < -0.4 is 0 Å². The molecule has 8 unspecified atom stereocenters. The van der Waals surface area contributed by atoms with Crippen molar-refractivity contribution in [3.63, 3.8) is 0 Å². The van der Waals surface area contributed by atoms with Gasteiger partial charge in [-0.2, -0.15) is 0 Å². The summed E-state index contributed by atoms with van der Waals surface area (Å²) in [6.45, 7) is 11.1. The molecule has 5 rings (SSSR count). The molecule has 5 fully saturated rings. The number of rotatable bonds is 4. The Morgan fingerprint density at radius 2 is 1.88 bits per heavy atom. The van der Waals surface area contributed by atoms with E-state index in [-0.39, 0.29) is 0 Å². The molecule has 0 N–H and O–H groups in total. The van der Waals surface area contributed by atoms with Gasteiger partial charge in [-0.3, -0.25) is 0 Å². The van der Waals surface area contributed by atoms with Gasteiger partial charge in [-0.25, -0.2) is 0 Å². The molecule has 0 bridgehead atoms. The normalized spacial score (nSPS) is 58.5. The first kappa shape index (κ1) is 18.7. The first-order chi connectivity index (χ1) is 12.4. The summed E-state index contributed by atoms with van der Waals surface area (Å²) in [7, 11) is 0. The predicted octanol–water partition coefficient (Wildman–Crippen LogP) is 6.73. The highest BCUT2D eigenvalue weighted by Gasteiger charge is 2.77. The van der Waals surface area contributed by atoms with Crippen molar-refractivity contribution in [1.29, 1.82) is 0 Å². The highest BCUT2D eigenvalue weighted by atomic mass is 127. The number of alkyl halides is 1. The summed E-state index contributed by atoms with van der Waals surface area (Å²) < 4.78 is 7.87. The summed E-state index contributed by atoms with van der Waals surface area (Å²) in [5, 5.41) is 0. The summed E-state index contributed by atoms with van der Waals surface area (Å²) in [4.78, 5) is 0. The lowest BCUT2D eigenvalue weighted by atomic mass is 9.45. The van der Waals surface area contributed by atoms with E-state index < -0.39 is 0 Å². The molecule has 148 valence electrons. The third kappa shape index (κ3) is 2.13. The number of fused-ring (bicyclic) bond motifs is 4. The SMILES string of the molecule is CCOC1CC2C3CCC([C@H](C)CI)C3(C)CCC2C2(C)CC[C@@H]3CC132. The van der Waals surface area contributed by atoms with Crippen LogP contribution in [0.25, 0.3) is 0 Å². The number of hydrogen-bond acceptors (Lipinski definition) is 1. The molecule has 10 atom stereocenters. The molecule has 5 aliphatic carbocycles. The smallest absolute Gasteiger partial charge is 0.0642 e. The molecule has 5 aliphatic rings. The van der Waals surface area contributed by atoms with Gasteiger partial charge in [0.25, 0.3) is 0 Å². The first-order valence-electron chi connectivity index (χ1n) is 11.6. The third-order valence-electron chi connectivity index (χ3n) is 10.9. The Labute approximate surface area is 174 Å². The average Bonchev–Trinajstić information content (AvgIpc) is 3.14. The van der Waals surface area contributed by atoms with E-state index >= 15 is 0 Å². The fourth-order valence-electron chi connectivity index (χ4n) is 9.77. The van der Waals surface area contributed by atoms with Crippen molar-refractivity contribution in [2.75, 3.05) is 11.0 Å².